The third-order valence-electron chi connectivity index (χ3n) is 4.30. The molecule has 0 spiro atoms. The van der Waals surface area contributed by atoms with Gasteiger partial charge >= 0.3 is 0 Å². The van der Waals surface area contributed by atoms with E-state index in [1.54, 1.807) is 41.3 Å². The van der Waals surface area contributed by atoms with Gasteiger partial charge in [0.25, 0.3) is 11.8 Å². The fourth-order valence-electron chi connectivity index (χ4n) is 2.80. The zero-order valence-corrected chi connectivity index (χ0v) is 15.9. The molecule has 1 fully saturated rings. The molecular formula is C22H24N2O4. The van der Waals surface area contributed by atoms with Gasteiger partial charge in [-0.1, -0.05) is 18.7 Å². The lowest BCUT2D eigenvalue weighted by atomic mass is 10.1. The topological polar surface area (TPSA) is 67.9 Å². The van der Waals surface area contributed by atoms with Gasteiger partial charge in [-0.15, -0.1) is 0 Å². The summed E-state index contributed by atoms with van der Waals surface area (Å²) in [6.45, 7) is 8.35. The number of amides is 2. The first-order chi connectivity index (χ1) is 13.5. The number of para-hydroxylation sites is 2. The number of morpholine rings is 1. The molecule has 0 atom stereocenters. The average Bonchev–Trinajstić information content (AvgIpc) is 2.73. The lowest BCUT2D eigenvalue weighted by molar-refractivity contribution is 0.0303. The maximum absolute atomic E-state index is 12.6. The highest BCUT2D eigenvalue weighted by atomic mass is 16.5. The molecule has 0 radical (unpaired) electrons. The molecule has 28 heavy (non-hydrogen) atoms. The predicted octanol–water partition coefficient (Wildman–Crippen LogP) is 3.37. The Hall–Kier alpha value is -3.12. The van der Waals surface area contributed by atoms with Crippen LogP contribution >= 0.6 is 0 Å². The maximum Gasteiger partial charge on any atom is 0.255 e. The Kier molecular flexibility index (Phi) is 6.45. The SMILES string of the molecule is C=C(C)COc1ccccc1NC(=O)c1ccc(C(=O)N2CCOCC2)cc1. The van der Waals surface area contributed by atoms with Crippen molar-refractivity contribution in [1.82, 2.24) is 4.90 Å². The molecule has 6 heteroatoms. The second-order valence-electron chi connectivity index (χ2n) is 6.68. The largest absolute Gasteiger partial charge is 0.487 e. The Morgan fingerprint density at radius 1 is 1.07 bits per heavy atom. The molecule has 146 valence electrons. The van der Waals surface area contributed by atoms with Crippen molar-refractivity contribution in [2.75, 3.05) is 38.2 Å². The van der Waals surface area contributed by atoms with Gasteiger partial charge in [0, 0.05) is 24.2 Å². The smallest absolute Gasteiger partial charge is 0.255 e. The third kappa shape index (κ3) is 4.98. The Labute approximate surface area is 164 Å². The van der Waals surface area contributed by atoms with Gasteiger partial charge in [-0.25, -0.2) is 0 Å². The van der Waals surface area contributed by atoms with E-state index >= 15 is 0 Å². The third-order valence-corrected chi connectivity index (χ3v) is 4.30. The number of ether oxygens (including phenoxy) is 2. The Balaban J connectivity index is 1.67. The lowest BCUT2D eigenvalue weighted by Crippen LogP contribution is -2.40. The number of anilines is 1. The first-order valence-electron chi connectivity index (χ1n) is 9.19. The molecule has 0 bridgehead atoms. The number of hydrogen-bond acceptors (Lipinski definition) is 4. The number of carbonyl (C=O) groups excluding carboxylic acids is 2. The molecule has 0 aliphatic carbocycles. The van der Waals surface area contributed by atoms with Crippen LogP contribution in [0.2, 0.25) is 0 Å². The molecule has 2 aromatic carbocycles. The van der Waals surface area contributed by atoms with Crippen LogP contribution in [-0.4, -0.2) is 49.6 Å². The lowest BCUT2D eigenvalue weighted by Gasteiger charge is -2.26. The van der Waals surface area contributed by atoms with Crippen LogP contribution in [0.15, 0.2) is 60.7 Å². The zero-order valence-electron chi connectivity index (χ0n) is 15.9. The Morgan fingerprint density at radius 2 is 1.71 bits per heavy atom. The van der Waals surface area contributed by atoms with Crippen molar-refractivity contribution in [3.05, 3.63) is 71.8 Å². The van der Waals surface area contributed by atoms with E-state index in [1.165, 1.54) is 0 Å². The second-order valence-corrected chi connectivity index (χ2v) is 6.68. The van der Waals surface area contributed by atoms with Crippen LogP contribution in [0.4, 0.5) is 5.69 Å². The normalized spacial score (nSPS) is 13.7. The number of benzene rings is 2. The van der Waals surface area contributed by atoms with Gasteiger partial charge < -0.3 is 19.7 Å². The van der Waals surface area contributed by atoms with Crippen LogP contribution in [0.1, 0.15) is 27.6 Å². The molecule has 0 saturated carbocycles. The van der Waals surface area contributed by atoms with Crippen molar-refractivity contribution in [2.24, 2.45) is 0 Å². The van der Waals surface area contributed by atoms with E-state index in [4.69, 9.17) is 9.47 Å². The van der Waals surface area contributed by atoms with Crippen LogP contribution in [0.5, 0.6) is 5.75 Å². The van der Waals surface area contributed by atoms with Crippen LogP contribution in [0.3, 0.4) is 0 Å². The second kappa shape index (κ2) is 9.19. The van der Waals surface area contributed by atoms with Crippen molar-refractivity contribution in [2.45, 2.75) is 6.92 Å². The molecule has 1 aliphatic heterocycles. The standard InChI is InChI=1S/C22H24N2O4/c1-16(2)15-28-20-6-4-3-5-19(20)23-21(25)17-7-9-18(10-8-17)22(26)24-11-13-27-14-12-24/h3-10H,1,11-15H2,2H3,(H,23,25). The van der Waals surface area contributed by atoms with Crippen molar-refractivity contribution < 1.29 is 19.1 Å². The summed E-state index contributed by atoms with van der Waals surface area (Å²) >= 11 is 0. The van der Waals surface area contributed by atoms with Crippen molar-refractivity contribution in [1.29, 1.82) is 0 Å². The van der Waals surface area contributed by atoms with Crippen molar-refractivity contribution in [3.63, 3.8) is 0 Å². The molecule has 1 N–H and O–H groups in total. The minimum Gasteiger partial charge on any atom is -0.487 e. The summed E-state index contributed by atoms with van der Waals surface area (Å²) in [4.78, 5) is 26.8. The molecular weight excluding hydrogens is 356 g/mol. The quantitative estimate of drug-likeness (QED) is 0.781. The number of nitrogens with one attached hydrogen (secondary N) is 1. The van der Waals surface area contributed by atoms with Gasteiger partial charge in [0.2, 0.25) is 0 Å². The van der Waals surface area contributed by atoms with E-state index in [0.29, 0.717) is 55.5 Å². The summed E-state index contributed by atoms with van der Waals surface area (Å²) in [6, 6.07) is 13.9. The summed E-state index contributed by atoms with van der Waals surface area (Å²) in [6.07, 6.45) is 0. The molecule has 1 aliphatic rings. The highest BCUT2D eigenvalue weighted by Gasteiger charge is 2.19. The molecule has 3 rings (SSSR count). The van der Waals surface area contributed by atoms with Crippen LogP contribution < -0.4 is 10.1 Å². The van der Waals surface area contributed by atoms with Crippen LogP contribution in [0, 0.1) is 0 Å². The first-order valence-corrected chi connectivity index (χ1v) is 9.19. The number of nitrogens with zero attached hydrogens (tertiary/aromatic N) is 1. The molecule has 2 amide bonds. The van der Waals surface area contributed by atoms with E-state index in [1.807, 2.05) is 19.1 Å². The van der Waals surface area contributed by atoms with Gasteiger partial charge in [0.1, 0.15) is 12.4 Å². The Morgan fingerprint density at radius 3 is 2.39 bits per heavy atom. The molecule has 1 saturated heterocycles. The minimum atomic E-state index is -0.267. The first kappa shape index (κ1) is 19.6. The molecule has 1 heterocycles. The summed E-state index contributed by atoms with van der Waals surface area (Å²) in [5, 5.41) is 2.86. The van der Waals surface area contributed by atoms with E-state index in [-0.39, 0.29) is 11.8 Å². The van der Waals surface area contributed by atoms with Gasteiger partial charge in [0.05, 0.1) is 18.9 Å². The number of rotatable bonds is 6. The van der Waals surface area contributed by atoms with E-state index in [2.05, 4.69) is 11.9 Å². The fraction of sp³-hybridized carbons (Fsp3) is 0.273. The number of hydrogen-bond donors (Lipinski definition) is 1. The molecule has 2 aromatic rings. The highest BCUT2D eigenvalue weighted by Crippen LogP contribution is 2.25. The van der Waals surface area contributed by atoms with Crippen molar-refractivity contribution in [3.8, 4) is 5.75 Å². The minimum absolute atomic E-state index is 0.0474. The van der Waals surface area contributed by atoms with Gasteiger partial charge in [-0.3, -0.25) is 9.59 Å². The zero-order chi connectivity index (χ0) is 19.9. The summed E-state index contributed by atoms with van der Waals surface area (Å²) < 4.78 is 10.9. The van der Waals surface area contributed by atoms with Gasteiger partial charge in [0.15, 0.2) is 0 Å². The number of carbonyl (C=O) groups is 2. The van der Waals surface area contributed by atoms with E-state index < -0.39 is 0 Å². The van der Waals surface area contributed by atoms with Crippen LogP contribution in [-0.2, 0) is 4.74 Å². The predicted molar refractivity (Wildman–Crippen MR) is 108 cm³/mol. The molecule has 0 aromatic heterocycles. The summed E-state index contributed by atoms with van der Waals surface area (Å²) in [7, 11) is 0. The van der Waals surface area contributed by atoms with Gasteiger partial charge in [-0.2, -0.15) is 0 Å². The van der Waals surface area contributed by atoms with Gasteiger partial charge in [-0.05, 0) is 48.9 Å². The highest BCUT2D eigenvalue weighted by molar-refractivity contribution is 6.05. The van der Waals surface area contributed by atoms with Crippen molar-refractivity contribution >= 4 is 17.5 Å². The van der Waals surface area contributed by atoms with Crippen LogP contribution in [0.25, 0.3) is 0 Å². The summed E-state index contributed by atoms with van der Waals surface area (Å²) in [5.74, 6) is 0.267. The van der Waals surface area contributed by atoms with E-state index in [0.717, 1.165) is 5.57 Å². The molecule has 0 unspecified atom stereocenters. The Bertz CT molecular complexity index is 855. The fourth-order valence-corrected chi connectivity index (χ4v) is 2.80. The maximum atomic E-state index is 12.6. The average molecular weight is 380 g/mol. The summed E-state index contributed by atoms with van der Waals surface area (Å²) in [5.41, 5.74) is 2.50. The molecule has 6 nitrogen and oxygen atoms in total. The van der Waals surface area contributed by atoms with E-state index in [9.17, 15) is 9.59 Å². The monoisotopic (exact) mass is 380 g/mol.